The van der Waals surface area contributed by atoms with Crippen molar-refractivity contribution in [3.8, 4) is 0 Å². The van der Waals surface area contributed by atoms with Gasteiger partial charge in [0.2, 0.25) is 0 Å². The third-order valence-corrected chi connectivity index (χ3v) is 1.16. The van der Waals surface area contributed by atoms with Gasteiger partial charge in [-0.2, -0.15) is 0 Å². The van der Waals surface area contributed by atoms with E-state index in [1.54, 1.807) is 12.1 Å². The molecule has 1 N–H and O–H groups in total. The first kappa shape index (κ1) is 7.65. The molecular weight excluding hydrogens is 146 g/mol. The summed E-state index contributed by atoms with van der Waals surface area (Å²) < 4.78 is 5.02. The summed E-state index contributed by atoms with van der Waals surface area (Å²) in [5, 5.41) is 11.9. The lowest BCUT2D eigenvalue weighted by Crippen LogP contribution is -1.75. The lowest BCUT2D eigenvalue weighted by atomic mass is 10.4. The lowest BCUT2D eigenvalue weighted by Gasteiger charge is -1.86. The second-order valence-electron chi connectivity index (χ2n) is 1.92. The number of rotatable bonds is 3. The molecule has 1 heterocycles. The molecule has 0 fully saturated rings. The van der Waals surface area contributed by atoms with Crippen molar-refractivity contribution < 1.29 is 9.52 Å². The molecule has 0 unspecified atom stereocenters. The van der Waals surface area contributed by atoms with Crippen LogP contribution in [0.2, 0.25) is 0 Å². The minimum atomic E-state index is -0.129. The zero-order valence-electron chi connectivity index (χ0n) is 5.77. The van der Waals surface area contributed by atoms with Crippen molar-refractivity contribution in [3.63, 3.8) is 0 Å². The van der Waals surface area contributed by atoms with E-state index in [1.165, 1.54) is 0 Å². The Bertz CT molecular complexity index is 275. The van der Waals surface area contributed by atoms with Gasteiger partial charge in [0.05, 0.1) is 6.54 Å². The summed E-state index contributed by atoms with van der Waals surface area (Å²) in [7, 11) is 0. The fraction of sp³-hybridized carbons (Fsp3) is 0.333. The van der Waals surface area contributed by atoms with Gasteiger partial charge in [-0.1, -0.05) is 5.11 Å². The van der Waals surface area contributed by atoms with Gasteiger partial charge in [-0.3, -0.25) is 0 Å². The molecule has 0 saturated heterocycles. The molecule has 11 heavy (non-hydrogen) atoms. The first-order valence-electron chi connectivity index (χ1n) is 3.06. The van der Waals surface area contributed by atoms with Crippen molar-refractivity contribution >= 4 is 0 Å². The monoisotopic (exact) mass is 153 g/mol. The molecule has 0 aliphatic carbocycles. The largest absolute Gasteiger partial charge is 0.464 e. The summed E-state index contributed by atoms with van der Waals surface area (Å²) in [5.74, 6) is 1.04. The van der Waals surface area contributed by atoms with Crippen LogP contribution in [0, 0.1) is 0 Å². The molecule has 0 aliphatic heterocycles. The molecule has 58 valence electrons. The van der Waals surface area contributed by atoms with Crippen molar-refractivity contribution in [1.82, 2.24) is 0 Å². The van der Waals surface area contributed by atoms with Crippen LogP contribution in [0.4, 0.5) is 0 Å². The molecule has 0 radical (unpaired) electrons. The molecule has 0 atom stereocenters. The fourth-order valence-corrected chi connectivity index (χ4v) is 0.694. The van der Waals surface area contributed by atoms with E-state index in [0.717, 1.165) is 0 Å². The SMILES string of the molecule is [N-]=[N+]=NCc1ccc(CO)o1. The molecule has 5 nitrogen and oxygen atoms in total. The average Bonchev–Trinajstić information content (AvgIpc) is 2.48. The van der Waals surface area contributed by atoms with Crippen molar-refractivity contribution in [2.24, 2.45) is 5.11 Å². The van der Waals surface area contributed by atoms with Crippen LogP contribution in [0.1, 0.15) is 11.5 Å². The van der Waals surface area contributed by atoms with Gasteiger partial charge in [0.25, 0.3) is 0 Å². The molecular formula is C6H7N3O2. The highest BCUT2D eigenvalue weighted by atomic mass is 16.4. The minimum Gasteiger partial charge on any atom is -0.464 e. The van der Waals surface area contributed by atoms with Crippen molar-refractivity contribution in [2.75, 3.05) is 0 Å². The third-order valence-electron chi connectivity index (χ3n) is 1.16. The van der Waals surface area contributed by atoms with Gasteiger partial charge in [0.15, 0.2) is 0 Å². The minimum absolute atomic E-state index is 0.129. The van der Waals surface area contributed by atoms with Gasteiger partial charge >= 0.3 is 0 Å². The van der Waals surface area contributed by atoms with Gasteiger partial charge in [0.1, 0.15) is 18.1 Å². The lowest BCUT2D eigenvalue weighted by molar-refractivity contribution is 0.243. The quantitative estimate of drug-likeness (QED) is 0.406. The molecule has 0 aliphatic rings. The Balaban J connectivity index is 2.64. The molecule has 0 saturated carbocycles. The molecule has 0 spiro atoms. The van der Waals surface area contributed by atoms with E-state index < -0.39 is 0 Å². The number of furan rings is 1. The number of aliphatic hydroxyl groups excluding tert-OH is 1. The van der Waals surface area contributed by atoms with Gasteiger partial charge in [-0.15, -0.1) is 0 Å². The Kier molecular flexibility index (Phi) is 2.54. The maximum atomic E-state index is 8.58. The molecule has 1 rings (SSSR count). The Morgan fingerprint density at radius 2 is 2.27 bits per heavy atom. The second kappa shape index (κ2) is 3.65. The van der Waals surface area contributed by atoms with Crippen LogP contribution in [-0.2, 0) is 13.2 Å². The molecule has 1 aromatic heterocycles. The summed E-state index contributed by atoms with van der Waals surface area (Å²) in [5.41, 5.74) is 7.96. The summed E-state index contributed by atoms with van der Waals surface area (Å²) in [6.07, 6.45) is 0. The van der Waals surface area contributed by atoms with E-state index in [9.17, 15) is 0 Å². The van der Waals surface area contributed by atoms with Crippen LogP contribution in [-0.4, -0.2) is 5.11 Å². The van der Waals surface area contributed by atoms with Crippen LogP contribution >= 0.6 is 0 Å². The highest BCUT2D eigenvalue weighted by Gasteiger charge is 1.97. The molecule has 1 aromatic rings. The Labute approximate surface area is 62.9 Å². The first-order chi connectivity index (χ1) is 5.36. The topological polar surface area (TPSA) is 82.1 Å². The van der Waals surface area contributed by atoms with Crippen LogP contribution in [0.15, 0.2) is 21.7 Å². The Morgan fingerprint density at radius 3 is 2.82 bits per heavy atom. The number of aliphatic hydroxyl groups is 1. The van der Waals surface area contributed by atoms with E-state index in [4.69, 9.17) is 15.1 Å². The van der Waals surface area contributed by atoms with E-state index >= 15 is 0 Å². The first-order valence-corrected chi connectivity index (χ1v) is 3.06. The Hall–Kier alpha value is -1.45. The molecule has 0 aromatic carbocycles. The molecule has 0 amide bonds. The van der Waals surface area contributed by atoms with E-state index in [2.05, 4.69) is 10.0 Å². The summed E-state index contributed by atoms with van der Waals surface area (Å²) in [4.78, 5) is 2.57. The van der Waals surface area contributed by atoms with Gasteiger partial charge < -0.3 is 9.52 Å². The number of nitrogens with zero attached hydrogens (tertiary/aromatic N) is 3. The highest BCUT2D eigenvalue weighted by molar-refractivity contribution is 5.05. The standard InChI is InChI=1S/C6H7N3O2/c7-9-8-3-5-1-2-6(4-10)11-5/h1-2,10H,3-4H2. The van der Waals surface area contributed by atoms with Crippen LogP contribution in [0.25, 0.3) is 10.4 Å². The third kappa shape index (κ3) is 2.00. The van der Waals surface area contributed by atoms with Gasteiger partial charge in [0, 0.05) is 4.91 Å². The number of azide groups is 1. The van der Waals surface area contributed by atoms with E-state index in [1.807, 2.05) is 0 Å². The van der Waals surface area contributed by atoms with E-state index in [-0.39, 0.29) is 13.2 Å². The van der Waals surface area contributed by atoms with Crippen LogP contribution < -0.4 is 0 Å². The smallest absolute Gasteiger partial charge is 0.129 e. The fourth-order valence-electron chi connectivity index (χ4n) is 0.694. The molecule has 0 bridgehead atoms. The average molecular weight is 153 g/mol. The predicted octanol–water partition coefficient (Wildman–Crippen LogP) is 1.58. The van der Waals surface area contributed by atoms with Crippen LogP contribution in [0.3, 0.4) is 0 Å². The zero-order valence-corrected chi connectivity index (χ0v) is 5.77. The number of hydrogen-bond acceptors (Lipinski definition) is 3. The van der Waals surface area contributed by atoms with Gasteiger partial charge in [-0.25, -0.2) is 0 Å². The van der Waals surface area contributed by atoms with E-state index in [0.29, 0.717) is 11.5 Å². The van der Waals surface area contributed by atoms with Gasteiger partial charge in [-0.05, 0) is 17.7 Å². The zero-order chi connectivity index (χ0) is 8.10. The number of hydrogen-bond donors (Lipinski definition) is 1. The highest BCUT2D eigenvalue weighted by Crippen LogP contribution is 2.08. The summed E-state index contributed by atoms with van der Waals surface area (Å²) >= 11 is 0. The Morgan fingerprint density at radius 1 is 1.55 bits per heavy atom. The van der Waals surface area contributed by atoms with Crippen molar-refractivity contribution in [3.05, 3.63) is 34.1 Å². The maximum Gasteiger partial charge on any atom is 0.129 e. The maximum absolute atomic E-state index is 8.58. The second-order valence-corrected chi connectivity index (χ2v) is 1.92. The van der Waals surface area contributed by atoms with Crippen LogP contribution in [0.5, 0.6) is 0 Å². The van der Waals surface area contributed by atoms with Crippen molar-refractivity contribution in [2.45, 2.75) is 13.2 Å². The normalized spacial score (nSPS) is 9.18. The summed E-state index contributed by atoms with van der Waals surface area (Å²) in [6, 6.07) is 3.31. The molecule has 5 heteroatoms. The summed E-state index contributed by atoms with van der Waals surface area (Å²) in [6.45, 7) is 0.0623. The predicted molar refractivity (Wildman–Crippen MR) is 37.5 cm³/mol. The van der Waals surface area contributed by atoms with Crippen molar-refractivity contribution in [1.29, 1.82) is 0 Å².